The van der Waals surface area contributed by atoms with Crippen molar-refractivity contribution in [2.75, 3.05) is 5.75 Å². The van der Waals surface area contributed by atoms with Gasteiger partial charge in [0.25, 0.3) is 0 Å². The van der Waals surface area contributed by atoms with Crippen LogP contribution in [0.5, 0.6) is 0 Å². The fraction of sp³-hybridized carbons (Fsp3) is 0.286. The number of nitrogens with zero attached hydrogens (tertiary/aromatic N) is 1. The first-order valence-corrected chi connectivity index (χ1v) is 7.35. The summed E-state index contributed by atoms with van der Waals surface area (Å²) in [5.41, 5.74) is 1.43. The maximum atomic E-state index is 11.8. The predicted octanol–water partition coefficient (Wildman–Crippen LogP) is 3.43. The molecular formula is C14H13ClN2OS. The van der Waals surface area contributed by atoms with Gasteiger partial charge in [0.2, 0.25) is 5.91 Å². The molecule has 19 heavy (non-hydrogen) atoms. The standard InChI is InChI=1S/C14H13ClN2OS/c1-2-19-14-11(8-16)10(7-13(18)17-14)9-5-3-4-6-12(9)15/h3-6,10H,2,7H2,1H3,(H,17,18)/t10-/m1/s1. The van der Waals surface area contributed by atoms with Crippen LogP contribution in [-0.4, -0.2) is 11.7 Å². The van der Waals surface area contributed by atoms with Crippen LogP contribution >= 0.6 is 23.4 Å². The predicted molar refractivity (Wildman–Crippen MR) is 77.7 cm³/mol. The lowest BCUT2D eigenvalue weighted by molar-refractivity contribution is -0.120. The van der Waals surface area contributed by atoms with Gasteiger partial charge in [-0.1, -0.05) is 36.7 Å². The van der Waals surface area contributed by atoms with Crippen molar-refractivity contribution in [3.8, 4) is 6.07 Å². The third-order valence-electron chi connectivity index (χ3n) is 2.93. The summed E-state index contributed by atoms with van der Waals surface area (Å²) in [7, 11) is 0. The molecule has 0 aliphatic carbocycles. The molecule has 1 aromatic rings. The number of hydrogen-bond acceptors (Lipinski definition) is 3. The van der Waals surface area contributed by atoms with Crippen molar-refractivity contribution in [3.05, 3.63) is 45.5 Å². The largest absolute Gasteiger partial charge is 0.320 e. The van der Waals surface area contributed by atoms with Crippen LogP contribution in [0.2, 0.25) is 5.02 Å². The second-order valence-electron chi connectivity index (χ2n) is 4.11. The van der Waals surface area contributed by atoms with Crippen LogP contribution in [0.25, 0.3) is 0 Å². The Bertz CT molecular complexity index is 577. The molecular weight excluding hydrogens is 280 g/mol. The van der Waals surface area contributed by atoms with E-state index in [4.69, 9.17) is 11.6 Å². The molecule has 0 unspecified atom stereocenters. The number of amides is 1. The molecule has 5 heteroatoms. The van der Waals surface area contributed by atoms with E-state index in [1.54, 1.807) is 6.07 Å². The Kier molecular flexibility index (Phi) is 4.52. The van der Waals surface area contributed by atoms with E-state index in [2.05, 4.69) is 11.4 Å². The fourth-order valence-electron chi connectivity index (χ4n) is 2.10. The number of rotatable bonds is 3. The minimum atomic E-state index is -0.249. The molecule has 0 saturated heterocycles. The van der Waals surface area contributed by atoms with E-state index in [-0.39, 0.29) is 18.2 Å². The number of thioether (sulfide) groups is 1. The van der Waals surface area contributed by atoms with E-state index in [9.17, 15) is 10.1 Å². The Morgan fingerprint density at radius 3 is 2.89 bits per heavy atom. The second kappa shape index (κ2) is 6.14. The fourth-order valence-corrected chi connectivity index (χ4v) is 3.19. The number of nitriles is 1. The first kappa shape index (κ1) is 14.0. The van der Waals surface area contributed by atoms with Gasteiger partial charge in [-0.05, 0) is 17.4 Å². The van der Waals surface area contributed by atoms with Gasteiger partial charge in [0.1, 0.15) is 0 Å². The first-order valence-electron chi connectivity index (χ1n) is 5.98. The van der Waals surface area contributed by atoms with E-state index in [1.807, 2.05) is 25.1 Å². The summed E-state index contributed by atoms with van der Waals surface area (Å²) in [4.78, 5) is 11.8. The molecule has 1 aliphatic rings. The van der Waals surface area contributed by atoms with Crippen LogP contribution in [0, 0.1) is 11.3 Å². The molecule has 3 nitrogen and oxygen atoms in total. The highest BCUT2D eigenvalue weighted by Gasteiger charge is 2.30. The molecule has 1 aromatic carbocycles. The minimum absolute atomic E-state index is 0.0696. The number of carbonyl (C=O) groups excluding carboxylic acids is 1. The molecule has 1 heterocycles. The monoisotopic (exact) mass is 292 g/mol. The van der Waals surface area contributed by atoms with Crippen LogP contribution in [0.4, 0.5) is 0 Å². The normalized spacial score (nSPS) is 19.0. The van der Waals surface area contributed by atoms with E-state index in [0.29, 0.717) is 15.6 Å². The van der Waals surface area contributed by atoms with Crippen molar-refractivity contribution < 1.29 is 4.79 Å². The third kappa shape index (κ3) is 2.94. The molecule has 1 amide bonds. The highest BCUT2D eigenvalue weighted by molar-refractivity contribution is 8.03. The van der Waals surface area contributed by atoms with E-state index in [1.165, 1.54) is 11.8 Å². The average molecular weight is 293 g/mol. The van der Waals surface area contributed by atoms with Crippen molar-refractivity contribution in [1.29, 1.82) is 5.26 Å². The molecule has 0 radical (unpaired) electrons. The number of nitrogens with one attached hydrogen (secondary N) is 1. The van der Waals surface area contributed by atoms with Gasteiger partial charge in [0.15, 0.2) is 0 Å². The third-order valence-corrected chi connectivity index (χ3v) is 4.17. The molecule has 2 rings (SSSR count). The van der Waals surface area contributed by atoms with Gasteiger partial charge in [-0.15, -0.1) is 11.8 Å². The maximum absolute atomic E-state index is 11.8. The van der Waals surface area contributed by atoms with Crippen LogP contribution in [0.3, 0.4) is 0 Å². The van der Waals surface area contributed by atoms with Crippen molar-refractivity contribution in [2.45, 2.75) is 19.3 Å². The van der Waals surface area contributed by atoms with Crippen molar-refractivity contribution in [1.82, 2.24) is 5.32 Å². The minimum Gasteiger partial charge on any atom is -0.320 e. The zero-order chi connectivity index (χ0) is 13.8. The molecule has 0 spiro atoms. The van der Waals surface area contributed by atoms with Gasteiger partial charge >= 0.3 is 0 Å². The maximum Gasteiger partial charge on any atom is 0.225 e. The summed E-state index contributed by atoms with van der Waals surface area (Å²) in [5, 5.41) is 13.4. The molecule has 0 aromatic heterocycles. The number of hydrogen-bond donors (Lipinski definition) is 1. The lowest BCUT2D eigenvalue weighted by Crippen LogP contribution is -2.31. The zero-order valence-electron chi connectivity index (χ0n) is 10.4. The zero-order valence-corrected chi connectivity index (χ0v) is 12.0. The number of halogens is 1. The summed E-state index contributed by atoms with van der Waals surface area (Å²) in [6.45, 7) is 1.98. The summed E-state index contributed by atoms with van der Waals surface area (Å²) < 4.78 is 0. The Labute approximate surface area is 121 Å². The van der Waals surface area contributed by atoms with Gasteiger partial charge in [-0.3, -0.25) is 4.79 Å². The van der Waals surface area contributed by atoms with Gasteiger partial charge in [0, 0.05) is 17.4 Å². The van der Waals surface area contributed by atoms with E-state index in [0.717, 1.165) is 11.3 Å². The Balaban J connectivity index is 2.49. The van der Waals surface area contributed by atoms with Gasteiger partial charge < -0.3 is 5.32 Å². The Morgan fingerprint density at radius 2 is 2.26 bits per heavy atom. The van der Waals surface area contributed by atoms with Crippen molar-refractivity contribution >= 4 is 29.3 Å². The van der Waals surface area contributed by atoms with E-state index >= 15 is 0 Å². The van der Waals surface area contributed by atoms with Crippen LogP contribution in [0.15, 0.2) is 34.9 Å². The average Bonchev–Trinajstić information content (AvgIpc) is 2.39. The van der Waals surface area contributed by atoms with Gasteiger partial charge in [-0.2, -0.15) is 5.26 Å². The molecule has 0 bridgehead atoms. The lowest BCUT2D eigenvalue weighted by atomic mass is 9.87. The molecule has 1 N–H and O–H groups in total. The Hall–Kier alpha value is -1.44. The number of benzene rings is 1. The highest BCUT2D eigenvalue weighted by Crippen LogP contribution is 2.38. The van der Waals surface area contributed by atoms with Crippen LogP contribution in [0.1, 0.15) is 24.8 Å². The molecule has 1 atom stereocenters. The molecule has 0 fully saturated rings. The molecule has 98 valence electrons. The Morgan fingerprint density at radius 1 is 1.53 bits per heavy atom. The number of allylic oxidation sites excluding steroid dienone is 1. The SMILES string of the molecule is CCSC1=C(C#N)[C@@H](c2ccccc2Cl)CC(=O)N1. The quantitative estimate of drug-likeness (QED) is 0.928. The van der Waals surface area contributed by atoms with Crippen LogP contribution in [-0.2, 0) is 4.79 Å². The highest BCUT2D eigenvalue weighted by atomic mass is 35.5. The lowest BCUT2D eigenvalue weighted by Gasteiger charge is -2.25. The summed E-state index contributed by atoms with van der Waals surface area (Å²) in [5.74, 6) is 0.483. The molecule has 1 aliphatic heterocycles. The smallest absolute Gasteiger partial charge is 0.225 e. The van der Waals surface area contributed by atoms with Gasteiger partial charge in [-0.25, -0.2) is 0 Å². The summed E-state index contributed by atoms with van der Waals surface area (Å²) >= 11 is 7.66. The number of carbonyl (C=O) groups is 1. The van der Waals surface area contributed by atoms with Gasteiger partial charge in [0.05, 0.1) is 16.7 Å². The summed E-state index contributed by atoms with van der Waals surface area (Å²) in [6.07, 6.45) is 0.264. The van der Waals surface area contributed by atoms with Crippen LogP contribution < -0.4 is 5.32 Å². The summed E-state index contributed by atoms with van der Waals surface area (Å²) in [6, 6.07) is 9.59. The van der Waals surface area contributed by atoms with Crippen molar-refractivity contribution in [2.24, 2.45) is 0 Å². The first-order chi connectivity index (χ1) is 9.17. The van der Waals surface area contributed by atoms with E-state index < -0.39 is 0 Å². The second-order valence-corrected chi connectivity index (χ2v) is 5.80. The van der Waals surface area contributed by atoms with Crippen molar-refractivity contribution in [3.63, 3.8) is 0 Å². The molecule has 0 saturated carbocycles. The topological polar surface area (TPSA) is 52.9 Å².